The van der Waals surface area contributed by atoms with Crippen LogP contribution in [0.4, 0.5) is 4.39 Å². The van der Waals surface area contributed by atoms with Gasteiger partial charge in [0.25, 0.3) is 0 Å². The molecular weight excluding hydrogens is 239 g/mol. The van der Waals surface area contributed by atoms with Gasteiger partial charge in [0.2, 0.25) is 0 Å². The van der Waals surface area contributed by atoms with Crippen molar-refractivity contribution in [2.75, 3.05) is 0 Å². The van der Waals surface area contributed by atoms with Crippen LogP contribution in [0.2, 0.25) is 0 Å². The van der Waals surface area contributed by atoms with Crippen LogP contribution in [0.3, 0.4) is 0 Å². The number of nitrogens with one attached hydrogen (secondary N) is 1. The second kappa shape index (κ2) is 5.33. The molecule has 0 aliphatic heterocycles. The highest BCUT2D eigenvalue weighted by Crippen LogP contribution is 2.16. The molecule has 0 fully saturated rings. The smallest absolute Gasteiger partial charge is 0.301 e. The molecular formula is C12H11FN2O3. The molecule has 0 radical (unpaired) electrons. The first-order valence-electron chi connectivity index (χ1n) is 5.16. The molecule has 3 N–H and O–H groups in total. The van der Waals surface area contributed by atoms with Gasteiger partial charge in [-0.15, -0.1) is 0 Å². The zero-order valence-corrected chi connectivity index (χ0v) is 9.35. The highest BCUT2D eigenvalue weighted by Gasteiger charge is 2.14. The molecule has 0 atom stereocenters. The summed E-state index contributed by atoms with van der Waals surface area (Å²) in [6, 6.07) is 7.18. The average molecular weight is 250 g/mol. The number of furan rings is 1. The van der Waals surface area contributed by atoms with Crippen molar-refractivity contribution in [3.8, 4) is 5.75 Å². The number of halogens is 1. The Balaban J connectivity index is 2.04. The fourth-order valence-electron chi connectivity index (χ4n) is 1.41. The van der Waals surface area contributed by atoms with Crippen LogP contribution in [-0.2, 0) is 6.61 Å². The van der Waals surface area contributed by atoms with Gasteiger partial charge in [-0.3, -0.25) is 10.2 Å². The van der Waals surface area contributed by atoms with Gasteiger partial charge in [0, 0.05) is 5.56 Å². The second-order valence-electron chi connectivity index (χ2n) is 3.49. The number of carbonyl (C=O) groups excluding carboxylic acids is 1. The first-order valence-corrected chi connectivity index (χ1v) is 5.16. The summed E-state index contributed by atoms with van der Waals surface area (Å²) in [7, 11) is 0. The number of hydrogen-bond donors (Lipinski definition) is 2. The zero-order valence-electron chi connectivity index (χ0n) is 9.35. The number of benzene rings is 1. The van der Waals surface area contributed by atoms with E-state index < -0.39 is 5.91 Å². The third-order valence-electron chi connectivity index (χ3n) is 2.29. The molecule has 2 aromatic rings. The number of nitrogens with two attached hydrogens (primary N) is 1. The van der Waals surface area contributed by atoms with Gasteiger partial charge in [-0.05, 0) is 30.3 Å². The molecule has 1 amide bonds. The highest BCUT2D eigenvalue weighted by molar-refractivity contribution is 5.92. The summed E-state index contributed by atoms with van der Waals surface area (Å²) < 4.78 is 23.1. The number of carbonyl (C=O) groups is 1. The van der Waals surface area contributed by atoms with Gasteiger partial charge in [0.1, 0.15) is 18.2 Å². The van der Waals surface area contributed by atoms with E-state index in [1.54, 1.807) is 6.07 Å². The second-order valence-corrected chi connectivity index (χ2v) is 3.49. The predicted molar refractivity (Wildman–Crippen MR) is 61.1 cm³/mol. The third-order valence-corrected chi connectivity index (χ3v) is 2.29. The standard InChI is InChI=1S/C12H11FN2O3/c13-9-1-3-10(4-2-9)18-7-8-5-6-17-11(8)12(16)15-14/h1-6H,7,14H2,(H,15,16). The average Bonchev–Trinajstić information content (AvgIpc) is 2.85. The Morgan fingerprint density at radius 2 is 2.06 bits per heavy atom. The zero-order chi connectivity index (χ0) is 13.0. The largest absolute Gasteiger partial charge is 0.489 e. The highest BCUT2D eigenvalue weighted by atomic mass is 19.1. The molecule has 0 saturated carbocycles. The van der Waals surface area contributed by atoms with Gasteiger partial charge in [-0.2, -0.15) is 0 Å². The summed E-state index contributed by atoms with van der Waals surface area (Å²) in [5.41, 5.74) is 2.53. The maximum absolute atomic E-state index is 12.7. The van der Waals surface area contributed by atoms with Crippen molar-refractivity contribution in [1.29, 1.82) is 0 Å². The normalized spacial score (nSPS) is 10.1. The minimum atomic E-state index is -0.530. The van der Waals surface area contributed by atoms with Gasteiger partial charge >= 0.3 is 5.91 Å². The molecule has 5 nitrogen and oxygen atoms in total. The number of hydrazine groups is 1. The van der Waals surface area contributed by atoms with E-state index in [4.69, 9.17) is 15.0 Å². The van der Waals surface area contributed by atoms with Gasteiger partial charge in [-0.25, -0.2) is 10.2 Å². The quantitative estimate of drug-likeness (QED) is 0.491. The van der Waals surface area contributed by atoms with E-state index in [0.29, 0.717) is 11.3 Å². The van der Waals surface area contributed by atoms with Gasteiger partial charge in [0.05, 0.1) is 6.26 Å². The van der Waals surface area contributed by atoms with Crippen molar-refractivity contribution in [3.63, 3.8) is 0 Å². The Labute approximate surface area is 102 Å². The predicted octanol–water partition coefficient (Wildman–Crippen LogP) is 1.60. The van der Waals surface area contributed by atoms with Crippen LogP contribution in [0.15, 0.2) is 41.0 Å². The summed E-state index contributed by atoms with van der Waals surface area (Å²) in [5, 5.41) is 0. The Hall–Kier alpha value is -2.34. The Morgan fingerprint density at radius 1 is 1.33 bits per heavy atom. The SMILES string of the molecule is NNC(=O)c1occc1COc1ccc(F)cc1. The molecule has 0 spiro atoms. The summed E-state index contributed by atoms with van der Waals surface area (Å²) in [5.74, 6) is 4.74. The topological polar surface area (TPSA) is 77.5 Å². The number of ether oxygens (including phenoxy) is 1. The minimum Gasteiger partial charge on any atom is -0.489 e. The van der Waals surface area contributed by atoms with E-state index in [1.807, 2.05) is 5.43 Å². The molecule has 0 bridgehead atoms. The van der Waals surface area contributed by atoms with Crippen molar-refractivity contribution in [2.24, 2.45) is 5.84 Å². The van der Waals surface area contributed by atoms with Crippen LogP contribution in [0, 0.1) is 5.82 Å². The van der Waals surface area contributed by atoms with Gasteiger partial charge in [-0.1, -0.05) is 0 Å². The van der Waals surface area contributed by atoms with Crippen LogP contribution in [0.25, 0.3) is 0 Å². The van der Waals surface area contributed by atoms with Crippen molar-refractivity contribution >= 4 is 5.91 Å². The van der Waals surface area contributed by atoms with Gasteiger partial charge < -0.3 is 9.15 Å². The minimum absolute atomic E-state index is 0.0969. The molecule has 2 rings (SSSR count). The van der Waals surface area contributed by atoms with Gasteiger partial charge in [0.15, 0.2) is 5.76 Å². The lowest BCUT2D eigenvalue weighted by atomic mass is 10.2. The van der Waals surface area contributed by atoms with E-state index in [-0.39, 0.29) is 18.2 Å². The molecule has 0 saturated heterocycles. The third kappa shape index (κ3) is 2.67. The Bertz CT molecular complexity index is 537. The first-order chi connectivity index (χ1) is 8.70. The van der Waals surface area contributed by atoms with E-state index in [9.17, 15) is 9.18 Å². The lowest BCUT2D eigenvalue weighted by molar-refractivity contribution is 0.0922. The number of amides is 1. The molecule has 0 aliphatic carbocycles. The van der Waals surface area contributed by atoms with Crippen LogP contribution in [-0.4, -0.2) is 5.91 Å². The summed E-state index contributed by atoms with van der Waals surface area (Å²) in [4.78, 5) is 11.3. The lowest BCUT2D eigenvalue weighted by Gasteiger charge is -2.05. The maximum atomic E-state index is 12.7. The lowest BCUT2D eigenvalue weighted by Crippen LogP contribution is -2.30. The van der Waals surface area contributed by atoms with Crippen LogP contribution in [0.5, 0.6) is 5.75 Å². The summed E-state index contributed by atoms with van der Waals surface area (Å²) in [6.45, 7) is 0.130. The van der Waals surface area contributed by atoms with E-state index in [0.717, 1.165) is 0 Å². The maximum Gasteiger partial charge on any atom is 0.301 e. The molecule has 1 aromatic carbocycles. The molecule has 1 aromatic heterocycles. The summed E-state index contributed by atoms with van der Waals surface area (Å²) >= 11 is 0. The molecule has 94 valence electrons. The van der Waals surface area contributed by atoms with E-state index in [2.05, 4.69) is 0 Å². The molecule has 6 heteroatoms. The van der Waals surface area contributed by atoms with Crippen LogP contribution >= 0.6 is 0 Å². The Morgan fingerprint density at radius 3 is 2.72 bits per heavy atom. The molecule has 0 aliphatic rings. The number of hydrogen-bond acceptors (Lipinski definition) is 4. The summed E-state index contributed by atoms with van der Waals surface area (Å²) in [6.07, 6.45) is 1.37. The Kier molecular flexibility index (Phi) is 3.59. The first kappa shape index (κ1) is 12.1. The van der Waals surface area contributed by atoms with Crippen molar-refractivity contribution in [3.05, 3.63) is 53.7 Å². The van der Waals surface area contributed by atoms with Crippen molar-refractivity contribution < 1.29 is 18.3 Å². The van der Waals surface area contributed by atoms with Crippen LogP contribution in [0.1, 0.15) is 16.1 Å². The molecule has 0 unspecified atom stereocenters. The molecule has 1 heterocycles. The number of rotatable bonds is 4. The van der Waals surface area contributed by atoms with Crippen molar-refractivity contribution in [2.45, 2.75) is 6.61 Å². The fourth-order valence-corrected chi connectivity index (χ4v) is 1.41. The number of nitrogen functional groups attached to an aromatic ring is 1. The molecule has 18 heavy (non-hydrogen) atoms. The monoisotopic (exact) mass is 250 g/mol. The van der Waals surface area contributed by atoms with Crippen molar-refractivity contribution in [1.82, 2.24) is 5.43 Å². The van der Waals surface area contributed by atoms with Crippen LogP contribution < -0.4 is 16.0 Å². The van der Waals surface area contributed by atoms with E-state index >= 15 is 0 Å². The van der Waals surface area contributed by atoms with E-state index in [1.165, 1.54) is 30.5 Å². The fraction of sp³-hybridized carbons (Fsp3) is 0.0833.